The van der Waals surface area contributed by atoms with Crippen molar-refractivity contribution in [2.24, 2.45) is 0 Å². The molecule has 28 heavy (non-hydrogen) atoms. The van der Waals surface area contributed by atoms with E-state index in [0.29, 0.717) is 5.56 Å². The summed E-state index contributed by atoms with van der Waals surface area (Å²) in [6, 6.07) is 9.55. The Morgan fingerprint density at radius 1 is 1.00 bits per heavy atom. The zero-order valence-electron chi connectivity index (χ0n) is 16.0. The molecule has 3 rings (SSSR count). The van der Waals surface area contributed by atoms with Gasteiger partial charge in [-0.2, -0.15) is 0 Å². The van der Waals surface area contributed by atoms with Crippen LogP contribution in [0.4, 0.5) is 8.78 Å². The molecule has 1 fully saturated rings. The van der Waals surface area contributed by atoms with Crippen LogP contribution in [0.2, 0.25) is 0 Å². The van der Waals surface area contributed by atoms with Gasteiger partial charge in [-0.3, -0.25) is 4.90 Å². The van der Waals surface area contributed by atoms with Gasteiger partial charge in [0.15, 0.2) is 0 Å². The van der Waals surface area contributed by atoms with Crippen LogP contribution in [0.3, 0.4) is 0 Å². The number of sulfonamides is 1. The molecule has 1 saturated heterocycles. The highest BCUT2D eigenvalue weighted by molar-refractivity contribution is 7.89. The Hall–Kier alpha value is -1.87. The predicted molar refractivity (Wildman–Crippen MR) is 105 cm³/mol. The molecular weight excluding hydrogens is 384 g/mol. The Bertz CT molecular complexity index is 912. The summed E-state index contributed by atoms with van der Waals surface area (Å²) in [6.45, 7) is 5.04. The summed E-state index contributed by atoms with van der Waals surface area (Å²) in [5, 5.41) is 0. The van der Waals surface area contributed by atoms with Gasteiger partial charge in [0.05, 0.1) is 4.90 Å². The Kier molecular flexibility index (Phi) is 6.44. The lowest BCUT2D eigenvalue weighted by molar-refractivity contribution is 0.113. The van der Waals surface area contributed by atoms with Gasteiger partial charge in [0.1, 0.15) is 11.6 Å². The van der Waals surface area contributed by atoms with Crippen molar-refractivity contribution in [3.63, 3.8) is 0 Å². The molecule has 1 N–H and O–H groups in total. The van der Waals surface area contributed by atoms with E-state index in [-0.39, 0.29) is 23.3 Å². The van der Waals surface area contributed by atoms with Gasteiger partial charge in [-0.25, -0.2) is 21.9 Å². The van der Waals surface area contributed by atoms with Crippen LogP contribution in [-0.4, -0.2) is 58.0 Å². The summed E-state index contributed by atoms with van der Waals surface area (Å²) >= 11 is 0. The Morgan fingerprint density at radius 3 is 2.21 bits per heavy atom. The lowest BCUT2D eigenvalue weighted by Crippen LogP contribution is -2.48. The molecule has 1 aliphatic heterocycles. The van der Waals surface area contributed by atoms with Crippen molar-refractivity contribution < 1.29 is 17.2 Å². The molecule has 152 valence electrons. The van der Waals surface area contributed by atoms with Crippen LogP contribution in [0.5, 0.6) is 0 Å². The molecule has 1 unspecified atom stereocenters. The molecule has 2 aromatic carbocycles. The smallest absolute Gasteiger partial charge is 0.240 e. The topological polar surface area (TPSA) is 52.7 Å². The molecule has 0 aromatic heterocycles. The van der Waals surface area contributed by atoms with Crippen molar-refractivity contribution in [3.05, 3.63) is 65.2 Å². The predicted octanol–water partition coefficient (Wildman–Crippen LogP) is 2.54. The van der Waals surface area contributed by atoms with Crippen LogP contribution in [0.1, 0.15) is 17.2 Å². The largest absolute Gasteiger partial charge is 0.304 e. The highest BCUT2D eigenvalue weighted by Gasteiger charge is 2.26. The molecule has 0 bridgehead atoms. The van der Waals surface area contributed by atoms with E-state index in [0.717, 1.165) is 37.8 Å². The second-order valence-electron chi connectivity index (χ2n) is 7.17. The number of hydrogen-bond donors (Lipinski definition) is 1. The summed E-state index contributed by atoms with van der Waals surface area (Å²) < 4.78 is 54.9. The average Bonchev–Trinajstić information content (AvgIpc) is 2.64. The Labute approximate surface area is 165 Å². The minimum atomic E-state index is -3.80. The first-order chi connectivity index (χ1) is 13.3. The fourth-order valence-corrected chi connectivity index (χ4v) is 4.72. The fourth-order valence-electron chi connectivity index (χ4n) is 3.46. The van der Waals surface area contributed by atoms with E-state index >= 15 is 0 Å². The maximum absolute atomic E-state index is 13.4. The van der Waals surface area contributed by atoms with E-state index < -0.39 is 15.8 Å². The molecule has 1 heterocycles. The third-order valence-electron chi connectivity index (χ3n) is 5.13. The maximum Gasteiger partial charge on any atom is 0.240 e. The van der Waals surface area contributed by atoms with Gasteiger partial charge in [-0.05, 0) is 55.4 Å². The quantitative estimate of drug-likeness (QED) is 0.797. The number of likely N-dealkylation sites (N-methyl/N-ethyl adjacent to an activating group) is 1. The van der Waals surface area contributed by atoms with Crippen molar-refractivity contribution in [3.8, 4) is 0 Å². The second kappa shape index (κ2) is 8.65. The van der Waals surface area contributed by atoms with Crippen LogP contribution in [0.15, 0.2) is 47.4 Å². The molecule has 0 saturated carbocycles. The lowest BCUT2D eigenvalue weighted by atomic mass is 10.0. The molecule has 2 aromatic rings. The first kappa shape index (κ1) is 20.9. The first-order valence-electron chi connectivity index (χ1n) is 9.20. The van der Waals surface area contributed by atoms with Gasteiger partial charge in [-0.1, -0.05) is 12.1 Å². The second-order valence-corrected chi connectivity index (χ2v) is 8.90. The first-order valence-corrected chi connectivity index (χ1v) is 10.7. The molecule has 8 heteroatoms. The Morgan fingerprint density at radius 2 is 1.61 bits per heavy atom. The standard InChI is InChI=1S/C20H25F2N3O2S/c1-15-13-18(22)7-8-20(15)28(26,27)23-14-19(16-3-5-17(21)6-4-16)25-11-9-24(2)10-12-25/h3-8,13,19,23H,9-12,14H2,1-2H3. The van der Waals surface area contributed by atoms with Crippen LogP contribution in [0.25, 0.3) is 0 Å². The number of nitrogens with zero attached hydrogens (tertiary/aromatic N) is 2. The SMILES string of the molecule is Cc1cc(F)ccc1S(=O)(=O)NCC(c1ccc(F)cc1)N1CCN(C)CC1. The minimum Gasteiger partial charge on any atom is -0.304 e. The monoisotopic (exact) mass is 409 g/mol. The van der Waals surface area contributed by atoms with E-state index in [1.807, 2.05) is 7.05 Å². The fraction of sp³-hybridized carbons (Fsp3) is 0.400. The molecular formula is C20H25F2N3O2S. The van der Waals surface area contributed by atoms with Crippen LogP contribution < -0.4 is 4.72 Å². The number of aryl methyl sites for hydroxylation is 1. The van der Waals surface area contributed by atoms with Gasteiger partial charge >= 0.3 is 0 Å². The number of hydrogen-bond acceptors (Lipinski definition) is 4. The lowest BCUT2D eigenvalue weighted by Gasteiger charge is -2.38. The Balaban J connectivity index is 1.81. The van der Waals surface area contributed by atoms with Crippen molar-refractivity contribution >= 4 is 10.0 Å². The van der Waals surface area contributed by atoms with E-state index in [4.69, 9.17) is 0 Å². The van der Waals surface area contributed by atoms with E-state index in [2.05, 4.69) is 14.5 Å². The summed E-state index contributed by atoms with van der Waals surface area (Å²) in [5.74, 6) is -0.804. The molecule has 0 spiro atoms. The zero-order valence-corrected chi connectivity index (χ0v) is 16.8. The molecule has 1 aliphatic rings. The number of rotatable bonds is 6. The van der Waals surface area contributed by atoms with Gasteiger partial charge in [-0.15, -0.1) is 0 Å². The minimum absolute atomic E-state index is 0.0603. The summed E-state index contributed by atoms with van der Waals surface area (Å²) in [5.41, 5.74) is 1.20. The number of halogens is 2. The van der Waals surface area contributed by atoms with Gasteiger partial charge in [0, 0.05) is 38.8 Å². The van der Waals surface area contributed by atoms with Gasteiger partial charge in [0.25, 0.3) is 0 Å². The van der Waals surface area contributed by atoms with Crippen LogP contribution in [-0.2, 0) is 10.0 Å². The van der Waals surface area contributed by atoms with E-state index in [9.17, 15) is 17.2 Å². The third kappa shape index (κ3) is 4.94. The normalized spacial score (nSPS) is 17.6. The average molecular weight is 410 g/mol. The zero-order chi connectivity index (χ0) is 20.3. The third-order valence-corrected chi connectivity index (χ3v) is 6.71. The number of piperazine rings is 1. The van der Waals surface area contributed by atoms with E-state index in [1.165, 1.54) is 24.3 Å². The maximum atomic E-state index is 13.4. The number of nitrogens with one attached hydrogen (secondary N) is 1. The molecule has 0 aliphatic carbocycles. The van der Waals surface area contributed by atoms with Crippen LogP contribution >= 0.6 is 0 Å². The van der Waals surface area contributed by atoms with Crippen molar-refractivity contribution in [2.75, 3.05) is 39.8 Å². The summed E-state index contributed by atoms with van der Waals surface area (Å²) in [7, 11) is -1.75. The molecule has 0 radical (unpaired) electrons. The molecule has 1 atom stereocenters. The summed E-state index contributed by atoms with van der Waals surface area (Å²) in [4.78, 5) is 4.47. The van der Waals surface area contributed by atoms with Gasteiger partial charge in [0.2, 0.25) is 10.0 Å². The van der Waals surface area contributed by atoms with Gasteiger partial charge < -0.3 is 4.90 Å². The number of benzene rings is 2. The van der Waals surface area contributed by atoms with Crippen molar-refractivity contribution in [1.29, 1.82) is 0 Å². The van der Waals surface area contributed by atoms with Crippen molar-refractivity contribution in [2.45, 2.75) is 17.9 Å². The van der Waals surface area contributed by atoms with Crippen LogP contribution in [0, 0.1) is 18.6 Å². The molecule has 5 nitrogen and oxygen atoms in total. The highest BCUT2D eigenvalue weighted by atomic mass is 32.2. The highest BCUT2D eigenvalue weighted by Crippen LogP contribution is 2.23. The van der Waals surface area contributed by atoms with E-state index in [1.54, 1.807) is 19.1 Å². The summed E-state index contributed by atoms with van der Waals surface area (Å²) in [6.07, 6.45) is 0. The molecule has 0 amide bonds. The van der Waals surface area contributed by atoms with Crippen molar-refractivity contribution in [1.82, 2.24) is 14.5 Å².